The topological polar surface area (TPSA) is 38.3 Å². The fourth-order valence-corrected chi connectivity index (χ4v) is 0.628. The Morgan fingerprint density at radius 2 is 2.45 bits per heavy atom. The van der Waals surface area contributed by atoms with Crippen LogP contribution in [-0.4, -0.2) is 12.0 Å². The molecule has 3 nitrogen and oxygen atoms in total. The van der Waals surface area contributed by atoms with Crippen molar-refractivity contribution in [2.45, 2.75) is 25.9 Å². The number of hydroxylamine groups is 1. The van der Waals surface area contributed by atoms with Crippen LogP contribution in [0, 0.1) is 5.92 Å². The quantitative estimate of drug-likeness (QED) is 0.486. The van der Waals surface area contributed by atoms with E-state index in [1.54, 1.807) is 6.08 Å². The van der Waals surface area contributed by atoms with Gasteiger partial charge in [0.25, 0.3) is 0 Å². The molecule has 3 heteroatoms. The van der Waals surface area contributed by atoms with E-state index in [-0.39, 0.29) is 17.9 Å². The fraction of sp³-hybridized carbons (Fsp3) is 0.625. The Morgan fingerprint density at radius 1 is 1.82 bits per heavy atom. The van der Waals surface area contributed by atoms with Crippen molar-refractivity contribution >= 4 is 5.91 Å². The van der Waals surface area contributed by atoms with Crippen molar-refractivity contribution in [1.29, 1.82) is 0 Å². The highest BCUT2D eigenvalue weighted by Crippen LogP contribution is 2.28. The number of amides is 1. The van der Waals surface area contributed by atoms with Gasteiger partial charge < -0.3 is 0 Å². The van der Waals surface area contributed by atoms with Gasteiger partial charge in [0.05, 0.1) is 0 Å². The zero-order valence-electron chi connectivity index (χ0n) is 6.67. The Hall–Kier alpha value is -0.830. The fourth-order valence-electron chi connectivity index (χ4n) is 0.628. The largest absolute Gasteiger partial charge is 0.272 e. The first-order chi connectivity index (χ1) is 5.24. The monoisotopic (exact) mass is 155 g/mol. The van der Waals surface area contributed by atoms with Crippen LogP contribution in [0.3, 0.4) is 0 Å². The molecule has 1 atom stereocenters. The molecule has 0 aromatic heterocycles. The Morgan fingerprint density at radius 3 is 2.91 bits per heavy atom. The summed E-state index contributed by atoms with van der Waals surface area (Å²) in [7, 11) is 0. The molecule has 0 spiro atoms. The Balaban J connectivity index is 2.10. The van der Waals surface area contributed by atoms with Crippen LogP contribution in [0.15, 0.2) is 12.7 Å². The summed E-state index contributed by atoms with van der Waals surface area (Å²) in [4.78, 5) is 15.9. The van der Waals surface area contributed by atoms with E-state index < -0.39 is 0 Å². The molecule has 0 bridgehead atoms. The lowest BCUT2D eigenvalue weighted by Gasteiger charge is -2.07. The second-order valence-corrected chi connectivity index (χ2v) is 2.80. The van der Waals surface area contributed by atoms with E-state index in [1.807, 2.05) is 6.92 Å². The number of nitrogens with one attached hydrogen (secondary N) is 1. The summed E-state index contributed by atoms with van der Waals surface area (Å²) < 4.78 is 0. The molecule has 62 valence electrons. The van der Waals surface area contributed by atoms with Crippen molar-refractivity contribution in [3.63, 3.8) is 0 Å². The lowest BCUT2D eigenvalue weighted by molar-refractivity contribution is -0.137. The molecule has 0 saturated heterocycles. The van der Waals surface area contributed by atoms with Crippen LogP contribution >= 0.6 is 0 Å². The van der Waals surface area contributed by atoms with Gasteiger partial charge >= 0.3 is 0 Å². The molecule has 1 saturated carbocycles. The van der Waals surface area contributed by atoms with Gasteiger partial charge in [-0.1, -0.05) is 6.08 Å². The number of hydrogen-bond acceptors (Lipinski definition) is 2. The molecule has 0 aliphatic heterocycles. The van der Waals surface area contributed by atoms with E-state index in [2.05, 4.69) is 12.1 Å². The average molecular weight is 155 g/mol. The second-order valence-electron chi connectivity index (χ2n) is 2.80. The van der Waals surface area contributed by atoms with Crippen LogP contribution in [0.25, 0.3) is 0 Å². The molecule has 1 aliphatic carbocycles. The molecule has 1 unspecified atom stereocenters. The summed E-state index contributed by atoms with van der Waals surface area (Å²) in [6.45, 7) is 5.34. The second kappa shape index (κ2) is 3.53. The van der Waals surface area contributed by atoms with Gasteiger partial charge in [-0.05, 0) is 19.8 Å². The highest BCUT2D eigenvalue weighted by Gasteiger charge is 2.29. The van der Waals surface area contributed by atoms with Crippen LogP contribution in [-0.2, 0) is 9.63 Å². The van der Waals surface area contributed by atoms with Crippen LogP contribution in [0.4, 0.5) is 0 Å². The predicted octanol–water partition coefficient (Wildman–Crippen LogP) is 1.02. The SMILES string of the molecule is C=CC(C)ONC(=O)C1CC1. The van der Waals surface area contributed by atoms with Gasteiger partial charge in [0.2, 0.25) is 5.91 Å². The average Bonchev–Trinajstić information content (AvgIpc) is 2.81. The third kappa shape index (κ3) is 2.72. The number of rotatable bonds is 4. The van der Waals surface area contributed by atoms with E-state index >= 15 is 0 Å². The molecule has 1 amide bonds. The molecule has 1 aliphatic rings. The van der Waals surface area contributed by atoms with Crippen molar-refractivity contribution in [3.8, 4) is 0 Å². The van der Waals surface area contributed by atoms with Crippen LogP contribution < -0.4 is 5.48 Å². The van der Waals surface area contributed by atoms with Gasteiger partial charge in [-0.2, -0.15) is 0 Å². The molecule has 0 aromatic carbocycles. The molecular weight excluding hydrogens is 142 g/mol. The van der Waals surface area contributed by atoms with E-state index in [0.29, 0.717) is 0 Å². The number of hydrogen-bond donors (Lipinski definition) is 1. The van der Waals surface area contributed by atoms with E-state index in [0.717, 1.165) is 12.8 Å². The third-order valence-electron chi connectivity index (χ3n) is 1.63. The van der Waals surface area contributed by atoms with Gasteiger partial charge in [0.15, 0.2) is 0 Å². The standard InChI is InChI=1S/C8H13NO2/c1-3-6(2)11-9-8(10)7-4-5-7/h3,6-7H,1,4-5H2,2H3,(H,9,10). The third-order valence-corrected chi connectivity index (χ3v) is 1.63. The molecule has 1 fully saturated rings. The van der Waals surface area contributed by atoms with Crippen LogP contribution in [0.2, 0.25) is 0 Å². The first-order valence-electron chi connectivity index (χ1n) is 3.82. The van der Waals surface area contributed by atoms with Gasteiger partial charge in [-0.3, -0.25) is 9.63 Å². The predicted molar refractivity (Wildman–Crippen MR) is 41.6 cm³/mol. The summed E-state index contributed by atoms with van der Waals surface area (Å²) in [6, 6.07) is 0. The molecule has 1 N–H and O–H groups in total. The minimum atomic E-state index is -0.113. The highest BCUT2D eigenvalue weighted by molar-refractivity contribution is 5.79. The van der Waals surface area contributed by atoms with E-state index in [9.17, 15) is 4.79 Å². The van der Waals surface area contributed by atoms with Gasteiger partial charge in [0.1, 0.15) is 6.10 Å². The van der Waals surface area contributed by atoms with Crippen LogP contribution in [0.1, 0.15) is 19.8 Å². The highest BCUT2D eigenvalue weighted by atomic mass is 16.7. The van der Waals surface area contributed by atoms with E-state index in [4.69, 9.17) is 4.84 Å². The van der Waals surface area contributed by atoms with Crippen molar-refractivity contribution in [1.82, 2.24) is 5.48 Å². The minimum absolute atomic E-state index is 0.00120. The summed E-state index contributed by atoms with van der Waals surface area (Å²) in [5.41, 5.74) is 2.39. The lowest BCUT2D eigenvalue weighted by atomic mass is 10.4. The first-order valence-corrected chi connectivity index (χ1v) is 3.82. The first kappa shape index (κ1) is 8.27. The number of carbonyl (C=O) groups is 1. The van der Waals surface area contributed by atoms with E-state index in [1.165, 1.54) is 0 Å². The summed E-state index contributed by atoms with van der Waals surface area (Å²) in [6.07, 6.45) is 3.51. The minimum Gasteiger partial charge on any atom is -0.272 e. The molecule has 11 heavy (non-hydrogen) atoms. The van der Waals surface area contributed by atoms with Crippen molar-refractivity contribution < 1.29 is 9.63 Å². The normalized spacial score (nSPS) is 19.0. The summed E-state index contributed by atoms with van der Waals surface area (Å²) in [5.74, 6) is 0.200. The molecule has 1 rings (SSSR count). The van der Waals surface area contributed by atoms with Crippen molar-refractivity contribution in [2.24, 2.45) is 5.92 Å². The molecule has 0 heterocycles. The Bertz CT molecular complexity index is 163. The Labute approximate surface area is 66.4 Å². The Kier molecular flexibility index (Phi) is 2.65. The van der Waals surface area contributed by atoms with Crippen LogP contribution in [0.5, 0.6) is 0 Å². The summed E-state index contributed by atoms with van der Waals surface area (Å²) in [5, 5.41) is 0. The van der Waals surface area contributed by atoms with Gasteiger partial charge in [-0.25, -0.2) is 5.48 Å². The molecule has 0 radical (unpaired) electrons. The van der Waals surface area contributed by atoms with Crippen molar-refractivity contribution in [2.75, 3.05) is 0 Å². The number of carbonyl (C=O) groups excluding carboxylic acids is 1. The maximum absolute atomic E-state index is 11.0. The maximum Gasteiger partial charge on any atom is 0.246 e. The lowest BCUT2D eigenvalue weighted by Crippen LogP contribution is -2.28. The van der Waals surface area contributed by atoms with Gasteiger partial charge in [-0.15, -0.1) is 6.58 Å². The maximum atomic E-state index is 11.0. The molecular formula is C8H13NO2. The summed E-state index contributed by atoms with van der Waals surface area (Å²) >= 11 is 0. The van der Waals surface area contributed by atoms with Gasteiger partial charge in [0, 0.05) is 5.92 Å². The smallest absolute Gasteiger partial charge is 0.246 e. The zero-order valence-corrected chi connectivity index (χ0v) is 6.67. The molecule has 0 aromatic rings. The zero-order chi connectivity index (χ0) is 8.27. The van der Waals surface area contributed by atoms with Crippen molar-refractivity contribution in [3.05, 3.63) is 12.7 Å².